The third-order valence-electron chi connectivity index (χ3n) is 2.86. The summed E-state index contributed by atoms with van der Waals surface area (Å²) in [6.45, 7) is 1.32. The maximum Gasteiger partial charge on any atom is 0.417 e. The molecule has 7 nitrogen and oxygen atoms in total. The summed E-state index contributed by atoms with van der Waals surface area (Å²) in [5.74, 6) is -3.46. The number of H-pyrrole nitrogens is 1. The van der Waals surface area contributed by atoms with E-state index in [2.05, 4.69) is 4.98 Å². The highest BCUT2D eigenvalue weighted by Crippen LogP contribution is 2.20. The van der Waals surface area contributed by atoms with Crippen molar-refractivity contribution < 1.29 is 19.1 Å². The van der Waals surface area contributed by atoms with Crippen molar-refractivity contribution in [1.29, 1.82) is 0 Å². The summed E-state index contributed by atoms with van der Waals surface area (Å²) in [5.41, 5.74) is 1.28. The van der Waals surface area contributed by atoms with Gasteiger partial charge in [-0.3, -0.25) is 14.6 Å². The van der Waals surface area contributed by atoms with Gasteiger partial charge in [-0.25, -0.2) is 4.79 Å². The van der Waals surface area contributed by atoms with Crippen LogP contribution in [0.2, 0.25) is 0 Å². The number of nitrogens with zero attached hydrogens (tertiary/aromatic N) is 1. The van der Waals surface area contributed by atoms with Gasteiger partial charge in [0.15, 0.2) is 5.58 Å². The van der Waals surface area contributed by atoms with Crippen LogP contribution in [0.3, 0.4) is 0 Å². The van der Waals surface area contributed by atoms with E-state index in [1.807, 2.05) is 0 Å². The van der Waals surface area contributed by atoms with Gasteiger partial charge < -0.3 is 14.4 Å². The van der Waals surface area contributed by atoms with E-state index in [9.17, 15) is 14.4 Å². The van der Waals surface area contributed by atoms with E-state index in [1.54, 1.807) is 12.1 Å². The van der Waals surface area contributed by atoms with Gasteiger partial charge in [0.25, 0.3) is 0 Å². The number of carbonyl (C=O) groups is 2. The molecule has 2 N–H and O–H groups in total. The summed E-state index contributed by atoms with van der Waals surface area (Å²) in [6.07, 6.45) is 0. The molecule has 0 bridgehead atoms. The molecular weight excluding hydrogens is 252 g/mol. The minimum absolute atomic E-state index is 0.310. The van der Waals surface area contributed by atoms with Crippen molar-refractivity contribution in [2.24, 2.45) is 5.92 Å². The van der Waals surface area contributed by atoms with Gasteiger partial charge in [-0.15, -0.1) is 0 Å². The second kappa shape index (κ2) is 4.60. The Balaban J connectivity index is 2.35. The minimum atomic E-state index is -1.19. The first-order valence-corrected chi connectivity index (χ1v) is 5.53. The molecule has 0 aliphatic heterocycles. The molecule has 100 valence electrons. The minimum Gasteiger partial charge on any atom is -0.481 e. The SMILES string of the molecule is CC(C(=O)O)C(=O)N(C)c1ccc2[nH]c(=O)oc2c1. The Kier molecular flexibility index (Phi) is 3.12. The fourth-order valence-corrected chi connectivity index (χ4v) is 1.67. The lowest BCUT2D eigenvalue weighted by Gasteiger charge is -2.19. The molecule has 0 aliphatic rings. The Hall–Kier alpha value is -2.57. The lowest BCUT2D eigenvalue weighted by molar-refractivity contribution is -0.145. The van der Waals surface area contributed by atoms with Crippen LogP contribution < -0.4 is 10.7 Å². The molecule has 0 saturated carbocycles. The van der Waals surface area contributed by atoms with E-state index in [0.29, 0.717) is 16.8 Å². The number of amides is 1. The molecular formula is C12H12N2O5. The Labute approximate surface area is 107 Å². The summed E-state index contributed by atoms with van der Waals surface area (Å²) in [6, 6.07) is 4.69. The number of aromatic nitrogens is 1. The van der Waals surface area contributed by atoms with Crippen molar-refractivity contribution in [3.05, 3.63) is 28.7 Å². The molecule has 1 heterocycles. The van der Waals surface area contributed by atoms with Crippen LogP contribution in [0, 0.1) is 5.92 Å². The monoisotopic (exact) mass is 264 g/mol. The van der Waals surface area contributed by atoms with Crippen molar-refractivity contribution >= 4 is 28.7 Å². The first kappa shape index (κ1) is 12.9. The number of carboxylic acid groups (broad SMARTS) is 1. The second-order valence-corrected chi connectivity index (χ2v) is 4.15. The molecule has 1 atom stereocenters. The maximum atomic E-state index is 11.9. The van der Waals surface area contributed by atoms with Crippen molar-refractivity contribution in [3.63, 3.8) is 0 Å². The number of fused-ring (bicyclic) bond motifs is 1. The van der Waals surface area contributed by atoms with E-state index < -0.39 is 23.6 Å². The summed E-state index contributed by atoms with van der Waals surface area (Å²) >= 11 is 0. The number of benzene rings is 1. The van der Waals surface area contributed by atoms with Crippen LogP contribution in [0.25, 0.3) is 11.1 Å². The molecule has 0 fully saturated rings. The molecule has 7 heteroatoms. The van der Waals surface area contributed by atoms with E-state index in [0.717, 1.165) is 0 Å². The van der Waals surface area contributed by atoms with Gasteiger partial charge in [0.2, 0.25) is 5.91 Å². The highest BCUT2D eigenvalue weighted by molar-refractivity contribution is 6.05. The van der Waals surface area contributed by atoms with Crippen LogP contribution in [0.4, 0.5) is 5.69 Å². The predicted octanol–water partition coefficient (Wildman–Crippen LogP) is 0.805. The van der Waals surface area contributed by atoms with Gasteiger partial charge in [0.1, 0.15) is 5.92 Å². The lowest BCUT2D eigenvalue weighted by Crippen LogP contribution is -2.35. The van der Waals surface area contributed by atoms with Crippen molar-refractivity contribution in [3.8, 4) is 0 Å². The first-order valence-electron chi connectivity index (χ1n) is 5.53. The number of nitrogens with one attached hydrogen (secondary N) is 1. The Morgan fingerprint density at radius 3 is 2.74 bits per heavy atom. The van der Waals surface area contributed by atoms with Gasteiger partial charge in [0, 0.05) is 18.8 Å². The van der Waals surface area contributed by atoms with Gasteiger partial charge in [-0.2, -0.15) is 0 Å². The molecule has 1 aromatic carbocycles. The van der Waals surface area contributed by atoms with Crippen molar-refractivity contribution in [1.82, 2.24) is 4.98 Å². The fourth-order valence-electron chi connectivity index (χ4n) is 1.67. The zero-order valence-electron chi connectivity index (χ0n) is 10.3. The number of aromatic amines is 1. The highest BCUT2D eigenvalue weighted by Gasteiger charge is 2.25. The Bertz CT molecular complexity index is 699. The number of anilines is 1. The molecule has 0 aliphatic carbocycles. The molecule has 2 rings (SSSR count). The molecule has 2 aromatic rings. The average Bonchev–Trinajstić information content (AvgIpc) is 2.74. The van der Waals surface area contributed by atoms with E-state index in [1.165, 1.54) is 24.9 Å². The molecule has 19 heavy (non-hydrogen) atoms. The van der Waals surface area contributed by atoms with E-state index in [-0.39, 0.29) is 0 Å². The number of rotatable bonds is 3. The third kappa shape index (κ3) is 2.35. The second-order valence-electron chi connectivity index (χ2n) is 4.15. The predicted molar refractivity (Wildman–Crippen MR) is 67.0 cm³/mol. The van der Waals surface area contributed by atoms with Crippen molar-refractivity contribution in [2.75, 3.05) is 11.9 Å². The van der Waals surface area contributed by atoms with Crippen molar-refractivity contribution in [2.45, 2.75) is 6.92 Å². The quantitative estimate of drug-likeness (QED) is 0.798. The number of oxazole rings is 1. The molecule has 0 saturated heterocycles. The van der Waals surface area contributed by atoms with Crippen LogP contribution in [0.15, 0.2) is 27.4 Å². The van der Waals surface area contributed by atoms with Gasteiger partial charge >= 0.3 is 11.7 Å². The van der Waals surface area contributed by atoms with Crippen LogP contribution in [-0.4, -0.2) is 29.0 Å². The maximum absolute atomic E-state index is 11.9. The van der Waals surface area contributed by atoms with Crippen LogP contribution >= 0.6 is 0 Å². The summed E-state index contributed by atoms with van der Waals surface area (Å²) < 4.78 is 4.88. The molecule has 0 radical (unpaired) electrons. The smallest absolute Gasteiger partial charge is 0.417 e. The normalized spacial score (nSPS) is 12.3. The Morgan fingerprint density at radius 2 is 2.11 bits per heavy atom. The zero-order chi connectivity index (χ0) is 14.2. The van der Waals surface area contributed by atoms with Gasteiger partial charge in [-0.1, -0.05) is 0 Å². The highest BCUT2D eigenvalue weighted by atomic mass is 16.4. The summed E-state index contributed by atoms with van der Waals surface area (Å²) in [5, 5.41) is 8.81. The molecule has 1 amide bonds. The lowest BCUT2D eigenvalue weighted by atomic mass is 10.1. The number of aliphatic carboxylic acids is 1. The first-order chi connectivity index (χ1) is 8.90. The zero-order valence-corrected chi connectivity index (χ0v) is 10.3. The Morgan fingerprint density at radius 1 is 1.42 bits per heavy atom. The topological polar surface area (TPSA) is 104 Å². The van der Waals surface area contributed by atoms with Crippen LogP contribution in [0.5, 0.6) is 0 Å². The standard InChI is InChI=1S/C12H12N2O5/c1-6(11(16)17)10(15)14(2)7-3-4-8-9(5-7)19-12(18)13-8/h3-6H,1-2H3,(H,13,18)(H,16,17). The van der Waals surface area contributed by atoms with Crippen LogP contribution in [0.1, 0.15) is 6.92 Å². The molecule has 1 aromatic heterocycles. The number of carbonyl (C=O) groups excluding carboxylic acids is 1. The number of hydrogen-bond donors (Lipinski definition) is 2. The van der Waals surface area contributed by atoms with Gasteiger partial charge in [0.05, 0.1) is 5.52 Å². The fraction of sp³-hybridized carbons (Fsp3) is 0.250. The summed E-state index contributed by atoms with van der Waals surface area (Å²) in [7, 11) is 1.47. The summed E-state index contributed by atoms with van der Waals surface area (Å²) in [4.78, 5) is 37.4. The number of hydrogen-bond acceptors (Lipinski definition) is 4. The third-order valence-corrected chi connectivity index (χ3v) is 2.86. The molecule has 1 unspecified atom stereocenters. The molecule has 0 spiro atoms. The van der Waals surface area contributed by atoms with Gasteiger partial charge in [-0.05, 0) is 19.1 Å². The average molecular weight is 264 g/mol. The van der Waals surface area contributed by atoms with Crippen LogP contribution in [-0.2, 0) is 9.59 Å². The number of carboxylic acids is 1. The van der Waals surface area contributed by atoms with E-state index in [4.69, 9.17) is 9.52 Å². The van der Waals surface area contributed by atoms with E-state index >= 15 is 0 Å². The largest absolute Gasteiger partial charge is 0.481 e.